The van der Waals surface area contributed by atoms with Gasteiger partial charge in [0.15, 0.2) is 0 Å². The van der Waals surface area contributed by atoms with Gasteiger partial charge in [0, 0.05) is 31.1 Å². The van der Waals surface area contributed by atoms with Crippen molar-refractivity contribution in [1.29, 1.82) is 0 Å². The van der Waals surface area contributed by atoms with Crippen LogP contribution in [0.25, 0.3) is 0 Å². The number of hydrogen-bond donors (Lipinski definition) is 3. The number of aliphatic imine (C=N–C) groups is 1. The number of rotatable bonds is 7. The number of carboxylic acids is 1. The number of carbonyl (C=O) groups is 1. The first kappa shape index (κ1) is 22.4. The van der Waals surface area contributed by atoms with E-state index in [2.05, 4.69) is 11.8 Å². The summed E-state index contributed by atoms with van der Waals surface area (Å²) in [7, 11) is 0. The lowest BCUT2D eigenvalue weighted by Crippen LogP contribution is -2.28. The zero-order valence-electron chi connectivity index (χ0n) is 17.2. The lowest BCUT2D eigenvalue weighted by molar-refractivity contribution is -0.137. The van der Waals surface area contributed by atoms with Crippen LogP contribution in [-0.4, -0.2) is 49.8 Å². The maximum atomic E-state index is 10.7. The maximum Gasteiger partial charge on any atom is 0.303 e. The van der Waals surface area contributed by atoms with Gasteiger partial charge in [0.05, 0.1) is 17.3 Å². The lowest BCUT2D eigenvalue weighted by atomic mass is 9.82. The van der Waals surface area contributed by atoms with Gasteiger partial charge in [-0.3, -0.25) is 9.79 Å². The predicted octanol–water partition coefficient (Wildman–Crippen LogP) is 3.64. The van der Waals surface area contributed by atoms with Gasteiger partial charge >= 0.3 is 5.97 Å². The summed E-state index contributed by atoms with van der Waals surface area (Å²) in [6.45, 7) is 1.81. The summed E-state index contributed by atoms with van der Waals surface area (Å²) in [6, 6.07) is 0. The van der Waals surface area contributed by atoms with Crippen LogP contribution in [-0.2, 0) is 4.79 Å². The lowest BCUT2D eigenvalue weighted by Gasteiger charge is -2.26. The summed E-state index contributed by atoms with van der Waals surface area (Å²) in [4.78, 5) is 15.6. The van der Waals surface area contributed by atoms with Gasteiger partial charge in [0.2, 0.25) is 0 Å². The van der Waals surface area contributed by atoms with Crippen LogP contribution in [0.2, 0.25) is 0 Å². The molecule has 3 N–H and O–H groups in total. The second-order valence-electron chi connectivity index (χ2n) is 8.58. The molecule has 0 aromatic rings. The van der Waals surface area contributed by atoms with Crippen LogP contribution in [0, 0.1) is 29.6 Å². The molecule has 5 atom stereocenters. The van der Waals surface area contributed by atoms with Gasteiger partial charge in [-0.25, -0.2) is 0 Å². The third kappa shape index (κ3) is 5.45. The van der Waals surface area contributed by atoms with Crippen LogP contribution in [0.3, 0.4) is 0 Å². The Bertz CT molecular complexity index is 703. The summed E-state index contributed by atoms with van der Waals surface area (Å²) in [5.41, 5.74) is -0.548. The van der Waals surface area contributed by atoms with Crippen LogP contribution in [0.4, 0.5) is 0 Å². The molecule has 0 bridgehead atoms. The Labute approximate surface area is 178 Å². The Hall–Kier alpha value is -1.29. The minimum absolute atomic E-state index is 0.0602. The Morgan fingerprint density at radius 1 is 1.38 bits per heavy atom. The molecule has 6 heteroatoms. The third-order valence-corrected chi connectivity index (χ3v) is 7.65. The second-order valence-corrected chi connectivity index (χ2v) is 9.75. The van der Waals surface area contributed by atoms with Crippen molar-refractivity contribution >= 4 is 22.8 Å². The Balaban J connectivity index is 1.65. The third-order valence-electron chi connectivity index (χ3n) is 6.57. The molecule has 2 saturated carbocycles. The zero-order chi connectivity index (χ0) is 20.9. The zero-order valence-corrected chi connectivity index (χ0v) is 18.0. The molecule has 3 rings (SSSR count). The van der Waals surface area contributed by atoms with Gasteiger partial charge in [0.25, 0.3) is 0 Å². The fourth-order valence-electron chi connectivity index (χ4n) is 5.11. The van der Waals surface area contributed by atoms with E-state index < -0.39 is 23.7 Å². The SMILES string of the molecule is CC#CC12CC(O)C(/C=C/C(O)C3CCCCC3)C1CC(SCCCC(=O)O)=N2. The minimum atomic E-state index is -0.769. The van der Waals surface area contributed by atoms with Crippen molar-refractivity contribution in [3.8, 4) is 11.8 Å². The number of nitrogens with zero attached hydrogens (tertiary/aromatic N) is 1. The second kappa shape index (κ2) is 10.1. The van der Waals surface area contributed by atoms with E-state index in [9.17, 15) is 15.0 Å². The molecule has 0 aromatic carbocycles. The minimum Gasteiger partial charge on any atom is -0.481 e. The highest BCUT2D eigenvalue weighted by Gasteiger charge is 2.55. The Morgan fingerprint density at radius 3 is 2.83 bits per heavy atom. The monoisotopic (exact) mass is 419 g/mol. The molecule has 1 heterocycles. The van der Waals surface area contributed by atoms with Crippen molar-refractivity contribution in [3.05, 3.63) is 12.2 Å². The number of fused-ring (bicyclic) bond motifs is 1. The topological polar surface area (TPSA) is 90.1 Å². The van der Waals surface area contributed by atoms with Crippen LogP contribution in [0.1, 0.15) is 64.7 Å². The molecule has 0 spiro atoms. The van der Waals surface area contributed by atoms with E-state index in [4.69, 9.17) is 10.1 Å². The summed E-state index contributed by atoms with van der Waals surface area (Å²) >= 11 is 1.62. The van der Waals surface area contributed by atoms with Gasteiger partial charge in [-0.05, 0) is 37.9 Å². The molecule has 2 fully saturated rings. The van der Waals surface area contributed by atoms with E-state index in [1.54, 1.807) is 11.8 Å². The highest BCUT2D eigenvalue weighted by atomic mass is 32.2. The van der Waals surface area contributed by atoms with Gasteiger partial charge in [0.1, 0.15) is 5.54 Å². The molecule has 0 radical (unpaired) electrons. The number of aliphatic hydroxyl groups excluding tert-OH is 2. The molecule has 0 saturated heterocycles. The van der Waals surface area contributed by atoms with Crippen LogP contribution in [0.15, 0.2) is 17.1 Å². The molecular weight excluding hydrogens is 386 g/mol. The molecule has 5 unspecified atom stereocenters. The molecule has 29 heavy (non-hydrogen) atoms. The van der Waals surface area contributed by atoms with E-state index in [0.717, 1.165) is 30.1 Å². The molecular formula is C23H33NO4S. The highest BCUT2D eigenvalue weighted by molar-refractivity contribution is 8.13. The molecule has 3 aliphatic rings. The summed E-state index contributed by atoms with van der Waals surface area (Å²) < 4.78 is 0. The molecule has 5 nitrogen and oxygen atoms in total. The quantitative estimate of drug-likeness (QED) is 0.333. The molecule has 0 aromatic heterocycles. The van der Waals surface area contributed by atoms with Crippen molar-refractivity contribution in [3.63, 3.8) is 0 Å². The summed E-state index contributed by atoms with van der Waals surface area (Å²) in [5.74, 6) is 6.62. The van der Waals surface area contributed by atoms with E-state index in [0.29, 0.717) is 18.8 Å². The first-order valence-electron chi connectivity index (χ1n) is 10.9. The standard InChI is InChI=1S/C23H33NO4S/c1-2-12-23-15-20(26)17(10-11-19(25)16-7-4-3-5-8-16)18(23)14-21(24-23)29-13-6-9-22(27)28/h10-11,16-20,25-26H,3-9,13-15H2,1H3,(H,27,28)/b11-10+. The first-order valence-corrected chi connectivity index (χ1v) is 11.9. The smallest absolute Gasteiger partial charge is 0.303 e. The normalized spacial score (nSPS) is 33.2. The predicted molar refractivity (Wildman–Crippen MR) is 117 cm³/mol. The fourth-order valence-corrected chi connectivity index (χ4v) is 6.16. The number of aliphatic carboxylic acids is 1. The largest absolute Gasteiger partial charge is 0.481 e. The highest BCUT2D eigenvalue weighted by Crippen LogP contribution is 2.51. The molecule has 1 aliphatic heterocycles. The molecule has 2 aliphatic carbocycles. The average Bonchev–Trinajstić information content (AvgIpc) is 3.15. The Morgan fingerprint density at radius 2 is 2.14 bits per heavy atom. The van der Waals surface area contributed by atoms with Crippen molar-refractivity contribution < 1.29 is 20.1 Å². The number of thioether (sulfide) groups is 1. The van der Waals surface area contributed by atoms with E-state index in [1.807, 2.05) is 19.1 Å². The molecule has 160 valence electrons. The van der Waals surface area contributed by atoms with E-state index in [-0.39, 0.29) is 18.3 Å². The fraction of sp³-hybridized carbons (Fsp3) is 0.739. The first-order chi connectivity index (χ1) is 13.9. The van der Waals surface area contributed by atoms with Gasteiger partial charge < -0.3 is 15.3 Å². The average molecular weight is 420 g/mol. The van der Waals surface area contributed by atoms with Gasteiger partial charge in [-0.1, -0.05) is 37.3 Å². The summed E-state index contributed by atoms with van der Waals surface area (Å²) in [6.07, 6.45) is 10.8. The van der Waals surface area contributed by atoms with Crippen molar-refractivity contribution in [2.45, 2.75) is 82.5 Å². The van der Waals surface area contributed by atoms with Crippen LogP contribution in [0.5, 0.6) is 0 Å². The van der Waals surface area contributed by atoms with Crippen molar-refractivity contribution in [1.82, 2.24) is 0 Å². The van der Waals surface area contributed by atoms with Crippen molar-refractivity contribution in [2.75, 3.05) is 5.75 Å². The van der Waals surface area contributed by atoms with Crippen LogP contribution < -0.4 is 0 Å². The van der Waals surface area contributed by atoms with Gasteiger partial charge in [-0.2, -0.15) is 0 Å². The van der Waals surface area contributed by atoms with Crippen molar-refractivity contribution in [2.24, 2.45) is 22.7 Å². The Kier molecular flexibility index (Phi) is 7.84. The maximum absolute atomic E-state index is 10.7. The molecule has 0 amide bonds. The summed E-state index contributed by atoms with van der Waals surface area (Å²) in [5, 5.41) is 31.1. The van der Waals surface area contributed by atoms with E-state index >= 15 is 0 Å². The number of carboxylic acid groups (broad SMARTS) is 1. The number of hydrogen-bond acceptors (Lipinski definition) is 5. The van der Waals surface area contributed by atoms with Crippen LogP contribution >= 0.6 is 11.8 Å². The van der Waals surface area contributed by atoms with E-state index in [1.165, 1.54) is 19.3 Å². The van der Waals surface area contributed by atoms with Gasteiger partial charge in [-0.15, -0.1) is 17.7 Å². The number of aliphatic hydroxyl groups is 2.